The van der Waals surface area contributed by atoms with E-state index in [0.717, 1.165) is 16.6 Å². The van der Waals surface area contributed by atoms with Gasteiger partial charge >= 0.3 is 0 Å². The first-order valence-corrected chi connectivity index (χ1v) is 10.6. The first kappa shape index (κ1) is 23.5. The number of hydrogen-bond acceptors (Lipinski definition) is 7. The summed E-state index contributed by atoms with van der Waals surface area (Å²) >= 11 is 0. The van der Waals surface area contributed by atoms with E-state index in [4.69, 9.17) is 21.1 Å². The van der Waals surface area contributed by atoms with Gasteiger partial charge in [-0.1, -0.05) is 32.9 Å². The van der Waals surface area contributed by atoms with Gasteiger partial charge in [-0.25, -0.2) is 18.7 Å². The molecular weight excluding hydrogens is 409 g/mol. The van der Waals surface area contributed by atoms with Crippen LogP contribution in [-0.4, -0.2) is 22.6 Å². The van der Waals surface area contributed by atoms with Crippen LogP contribution in [0.5, 0.6) is 11.5 Å². The molecule has 0 radical (unpaired) electrons. The van der Waals surface area contributed by atoms with Crippen molar-refractivity contribution < 1.29 is 22.3 Å². The maximum absolute atomic E-state index is 14.0. The molecule has 0 bridgehead atoms. The van der Waals surface area contributed by atoms with Crippen molar-refractivity contribution in [3.8, 4) is 11.5 Å². The van der Waals surface area contributed by atoms with Crippen molar-refractivity contribution in [2.45, 2.75) is 38.0 Å². The number of allylic oxidation sites excluding steroid dienone is 1. The lowest BCUT2D eigenvalue weighted by Crippen LogP contribution is -2.33. The van der Waals surface area contributed by atoms with E-state index in [1.54, 1.807) is 12.1 Å². The lowest BCUT2D eigenvalue weighted by Gasteiger charge is -2.24. The van der Waals surface area contributed by atoms with E-state index >= 15 is 0 Å². The van der Waals surface area contributed by atoms with Crippen molar-refractivity contribution >= 4 is 15.5 Å². The van der Waals surface area contributed by atoms with E-state index in [1.165, 1.54) is 39.3 Å². The third kappa shape index (κ3) is 4.52. The highest BCUT2D eigenvalue weighted by molar-refractivity contribution is 7.95. The average Bonchev–Trinajstić information content (AvgIpc) is 2.71. The Morgan fingerprint density at radius 1 is 1.03 bits per heavy atom. The van der Waals surface area contributed by atoms with Gasteiger partial charge in [0.05, 0.1) is 24.8 Å². The van der Waals surface area contributed by atoms with Crippen molar-refractivity contribution in [2.24, 2.45) is 11.6 Å². The van der Waals surface area contributed by atoms with E-state index < -0.39 is 20.7 Å². The molecule has 2 aromatic rings. The fourth-order valence-electron chi connectivity index (χ4n) is 2.79. The van der Waals surface area contributed by atoms with Crippen LogP contribution in [0.15, 0.2) is 52.0 Å². The number of nitrogens with zero attached hydrogens (tertiary/aromatic N) is 1. The number of benzene rings is 2. The van der Waals surface area contributed by atoms with E-state index in [9.17, 15) is 12.8 Å². The highest BCUT2D eigenvalue weighted by Gasteiger charge is 2.25. The average molecular weight is 438 g/mol. The monoisotopic (exact) mass is 437 g/mol. The van der Waals surface area contributed by atoms with Crippen LogP contribution < -0.4 is 26.1 Å². The van der Waals surface area contributed by atoms with Gasteiger partial charge in [0.25, 0.3) is 0 Å². The van der Waals surface area contributed by atoms with Gasteiger partial charge in [-0.15, -0.1) is 0 Å². The molecule has 0 spiro atoms. The summed E-state index contributed by atoms with van der Waals surface area (Å²) in [6, 6.07) is 8.93. The van der Waals surface area contributed by atoms with Gasteiger partial charge in [0, 0.05) is 12.1 Å². The maximum atomic E-state index is 14.0. The maximum Gasteiger partial charge on any atom is 0.223 e. The van der Waals surface area contributed by atoms with Crippen LogP contribution in [0.25, 0.3) is 0 Å². The molecule has 0 fully saturated rings. The molecule has 0 aliphatic heterocycles. The third-order valence-corrected chi connectivity index (χ3v) is 6.52. The number of sulfone groups is 1. The number of nitrogens with two attached hydrogens (primary N) is 2. The minimum absolute atomic E-state index is 0.0434. The summed E-state index contributed by atoms with van der Waals surface area (Å²) in [6.07, 6.45) is 0. The van der Waals surface area contributed by atoms with E-state index in [2.05, 4.69) is 0 Å². The fraction of sp³-hybridized carbons (Fsp3) is 0.333. The van der Waals surface area contributed by atoms with Crippen LogP contribution in [-0.2, 0) is 15.3 Å². The van der Waals surface area contributed by atoms with Gasteiger partial charge in [0.15, 0.2) is 16.6 Å². The van der Waals surface area contributed by atoms with Crippen molar-refractivity contribution in [2.75, 3.05) is 19.2 Å². The van der Waals surface area contributed by atoms with Crippen LogP contribution in [0.3, 0.4) is 0 Å². The summed E-state index contributed by atoms with van der Waals surface area (Å²) in [7, 11) is -1.36. The molecule has 0 amide bonds. The summed E-state index contributed by atoms with van der Waals surface area (Å²) in [5.74, 6) is 5.49. The number of halogens is 1. The summed E-state index contributed by atoms with van der Waals surface area (Å²) < 4.78 is 50.1. The molecule has 0 aliphatic rings. The molecule has 0 unspecified atom stereocenters. The van der Waals surface area contributed by atoms with Crippen LogP contribution in [0.2, 0.25) is 0 Å². The summed E-state index contributed by atoms with van der Waals surface area (Å²) in [5.41, 5.74) is 7.11. The zero-order chi connectivity index (χ0) is 22.9. The first-order chi connectivity index (χ1) is 13.8. The van der Waals surface area contributed by atoms with Gasteiger partial charge in [0.2, 0.25) is 9.84 Å². The number of methoxy groups -OCH3 is 2. The molecule has 0 saturated heterocycles. The normalized spacial score (nSPS) is 12.9. The van der Waals surface area contributed by atoms with E-state index in [-0.39, 0.29) is 33.2 Å². The zero-order valence-electron chi connectivity index (χ0n) is 18.0. The number of anilines is 1. The van der Waals surface area contributed by atoms with Crippen molar-refractivity contribution in [1.29, 1.82) is 0 Å². The van der Waals surface area contributed by atoms with Gasteiger partial charge in [0.1, 0.15) is 11.4 Å². The molecule has 7 nitrogen and oxygen atoms in total. The number of rotatable bonds is 6. The minimum atomic E-state index is -4.01. The molecule has 164 valence electrons. The molecule has 0 saturated carbocycles. The SMILES string of the molecule is COc1cc(N(N)/C(C)=C(\N)S(=O)(=O)c2ccc(C(C)(C)C)cc2)c(OC)cc1F. The predicted molar refractivity (Wildman–Crippen MR) is 115 cm³/mol. The van der Waals surface area contributed by atoms with Gasteiger partial charge in [-0.2, -0.15) is 0 Å². The first-order valence-electron chi connectivity index (χ1n) is 9.13. The quantitative estimate of drug-likeness (QED) is 0.526. The second-order valence-corrected chi connectivity index (χ2v) is 9.67. The van der Waals surface area contributed by atoms with Crippen LogP contribution in [0, 0.1) is 5.82 Å². The lowest BCUT2D eigenvalue weighted by atomic mass is 9.87. The third-order valence-electron chi connectivity index (χ3n) is 4.75. The van der Waals surface area contributed by atoms with Crippen molar-refractivity contribution in [3.05, 3.63) is 58.5 Å². The molecule has 9 heteroatoms. The second kappa shape index (κ2) is 8.53. The van der Waals surface area contributed by atoms with Gasteiger partial charge < -0.3 is 15.2 Å². The lowest BCUT2D eigenvalue weighted by molar-refractivity contribution is 0.377. The molecule has 2 aromatic carbocycles. The van der Waals surface area contributed by atoms with Crippen LogP contribution >= 0.6 is 0 Å². The molecule has 0 atom stereocenters. The molecule has 2 rings (SSSR count). The van der Waals surface area contributed by atoms with Gasteiger partial charge in [-0.3, -0.25) is 5.01 Å². The highest BCUT2D eigenvalue weighted by Crippen LogP contribution is 2.35. The largest absolute Gasteiger partial charge is 0.494 e. The van der Waals surface area contributed by atoms with Crippen molar-refractivity contribution in [1.82, 2.24) is 0 Å². The Morgan fingerprint density at radius 3 is 2.03 bits per heavy atom. The van der Waals surface area contributed by atoms with Crippen molar-refractivity contribution in [3.63, 3.8) is 0 Å². The Kier molecular flexibility index (Phi) is 6.68. The van der Waals surface area contributed by atoms with E-state index in [1.807, 2.05) is 20.8 Å². The summed E-state index contributed by atoms with van der Waals surface area (Å²) in [4.78, 5) is 0.0457. The Bertz CT molecular complexity index is 1060. The summed E-state index contributed by atoms with van der Waals surface area (Å²) in [6.45, 7) is 7.55. The molecule has 0 heterocycles. The molecule has 0 aliphatic carbocycles. The van der Waals surface area contributed by atoms with Crippen LogP contribution in [0.4, 0.5) is 10.1 Å². The smallest absolute Gasteiger partial charge is 0.223 e. The highest BCUT2D eigenvalue weighted by atomic mass is 32.2. The fourth-order valence-corrected chi connectivity index (χ4v) is 4.02. The molecule has 4 N–H and O–H groups in total. The Labute approximate surface area is 177 Å². The predicted octanol–water partition coefficient (Wildman–Crippen LogP) is 3.44. The Morgan fingerprint density at radius 2 is 1.57 bits per heavy atom. The Balaban J connectivity index is 2.51. The standard InChI is InChI=1S/C21H28FN3O4S/c1-13(25(24)17-12-18(28-5)16(22)11-19(17)29-6)20(23)30(26,27)15-9-7-14(8-10-15)21(2,3)4/h7-12H,23-24H2,1-6H3/b20-13+. The zero-order valence-corrected chi connectivity index (χ0v) is 18.8. The molecular formula is C21H28FN3O4S. The Hall–Kier alpha value is -2.78. The van der Waals surface area contributed by atoms with Gasteiger partial charge in [-0.05, 0) is 30.0 Å². The van der Waals surface area contributed by atoms with Crippen LogP contribution in [0.1, 0.15) is 33.3 Å². The number of hydrogen-bond donors (Lipinski definition) is 2. The summed E-state index contributed by atoms with van der Waals surface area (Å²) in [5, 5.41) is 0.593. The molecule has 30 heavy (non-hydrogen) atoms. The second-order valence-electron chi connectivity index (χ2n) is 7.76. The minimum Gasteiger partial charge on any atom is -0.494 e. The topological polar surface area (TPSA) is 108 Å². The number of ether oxygens (including phenoxy) is 2. The number of hydrazine groups is 1. The molecule has 0 aromatic heterocycles. The van der Waals surface area contributed by atoms with E-state index in [0.29, 0.717) is 0 Å².